The number of nitrogens with one attached hydrogen (secondary N) is 1. The molecule has 176 valence electrons. The lowest BCUT2D eigenvalue weighted by Gasteiger charge is -2.38. The molecule has 4 aromatic heterocycles. The summed E-state index contributed by atoms with van der Waals surface area (Å²) in [5, 5.41) is 25.3. The number of nitrogens with zero attached hydrogens (tertiary/aromatic N) is 5. The Balaban J connectivity index is 1.43. The van der Waals surface area contributed by atoms with Gasteiger partial charge in [0.1, 0.15) is 17.9 Å². The van der Waals surface area contributed by atoms with Gasteiger partial charge in [0.2, 0.25) is 5.91 Å². The van der Waals surface area contributed by atoms with E-state index in [4.69, 9.17) is 4.98 Å². The van der Waals surface area contributed by atoms with Gasteiger partial charge in [0.15, 0.2) is 5.65 Å². The lowest BCUT2D eigenvalue weighted by Crippen LogP contribution is -2.47. The zero-order chi connectivity index (χ0) is 23.6. The van der Waals surface area contributed by atoms with E-state index in [1.165, 1.54) is 0 Å². The number of pyridine rings is 1. The van der Waals surface area contributed by atoms with Crippen LogP contribution < -0.4 is 0 Å². The van der Waals surface area contributed by atoms with E-state index in [9.17, 15) is 15.0 Å². The first-order chi connectivity index (χ1) is 16.3. The highest BCUT2D eigenvalue weighted by Crippen LogP contribution is 2.44. The summed E-state index contributed by atoms with van der Waals surface area (Å²) in [5.74, 6) is 0.0585. The molecule has 0 saturated carbocycles. The fourth-order valence-corrected chi connectivity index (χ4v) is 5.85. The average Bonchev–Trinajstić information content (AvgIpc) is 3.53. The Bertz CT molecular complexity index is 1370. The van der Waals surface area contributed by atoms with Crippen molar-refractivity contribution in [3.63, 3.8) is 0 Å². The second-order valence-electron chi connectivity index (χ2n) is 10.0. The average molecular weight is 461 g/mol. The first-order valence-electron chi connectivity index (χ1n) is 11.8. The Morgan fingerprint density at radius 3 is 2.59 bits per heavy atom. The Kier molecular flexibility index (Phi) is 4.76. The molecule has 34 heavy (non-hydrogen) atoms. The van der Waals surface area contributed by atoms with Gasteiger partial charge in [-0.3, -0.25) is 9.78 Å². The number of rotatable bonds is 4. The van der Waals surface area contributed by atoms with E-state index in [1.54, 1.807) is 26.2 Å². The molecule has 2 aliphatic rings. The summed E-state index contributed by atoms with van der Waals surface area (Å²) in [6.45, 7) is 3.00. The van der Waals surface area contributed by atoms with Crippen LogP contribution in [0.25, 0.3) is 27.8 Å². The van der Waals surface area contributed by atoms with Crippen molar-refractivity contribution >= 4 is 22.6 Å². The number of carbonyl (C=O) groups excluding carboxylic acids is 1. The summed E-state index contributed by atoms with van der Waals surface area (Å²) in [4.78, 5) is 27.1. The first-order valence-corrected chi connectivity index (χ1v) is 11.8. The number of piperidine rings is 1. The molecule has 2 bridgehead atoms. The molecule has 1 amide bonds. The molecule has 9 heteroatoms. The molecule has 9 nitrogen and oxygen atoms in total. The molecule has 0 aromatic carbocycles. The molecule has 3 N–H and O–H groups in total. The number of hydrogen-bond acceptors (Lipinski definition) is 6. The van der Waals surface area contributed by atoms with E-state index in [1.807, 2.05) is 33.8 Å². The maximum Gasteiger partial charge on any atom is 0.248 e. The van der Waals surface area contributed by atoms with Crippen molar-refractivity contribution in [2.24, 2.45) is 0 Å². The molecular weight excluding hydrogens is 432 g/mol. The smallest absolute Gasteiger partial charge is 0.248 e. The van der Waals surface area contributed by atoms with Crippen LogP contribution in [0.1, 0.15) is 56.8 Å². The topological polar surface area (TPSA) is 120 Å². The lowest BCUT2D eigenvalue weighted by atomic mass is 9.86. The summed E-state index contributed by atoms with van der Waals surface area (Å²) >= 11 is 0. The monoisotopic (exact) mass is 460 g/mol. The minimum Gasteiger partial charge on any atom is -0.387 e. The Morgan fingerprint density at radius 1 is 1.18 bits per heavy atom. The fraction of sp³-hybridized carbons (Fsp3) is 0.440. The highest BCUT2D eigenvalue weighted by Gasteiger charge is 2.44. The SMILES string of the molecule is CC(C)(O)c1ccc(-c2cnn3c2nc([C@H]2C[C@H]4CC[C@@H](C2)N4C(=O)CO)c2cc[nH]c23)cn1. The van der Waals surface area contributed by atoms with Gasteiger partial charge in [-0.05, 0) is 51.7 Å². The predicted octanol–water partition coefficient (Wildman–Crippen LogP) is 2.73. The van der Waals surface area contributed by atoms with Gasteiger partial charge in [-0.2, -0.15) is 9.61 Å². The maximum absolute atomic E-state index is 12.3. The van der Waals surface area contributed by atoms with Crippen molar-refractivity contribution in [1.82, 2.24) is 29.5 Å². The minimum absolute atomic E-state index is 0.151. The maximum atomic E-state index is 12.3. The van der Waals surface area contributed by atoms with E-state index in [2.05, 4.69) is 15.1 Å². The molecule has 0 aliphatic carbocycles. The standard InChI is InChI=1S/C25H28N6O3/c1-25(2,34)20-6-3-14(11-27-20)19-12-28-31-23-18(7-8-26-23)22(29-24(19)31)15-9-16-4-5-17(10-15)30(16)21(33)13-32/h3,6-8,11-12,15-17,26,32,34H,4-5,9-10,13H2,1-2H3/t15-,16+,17-. The molecule has 6 heterocycles. The molecule has 0 unspecified atom stereocenters. The highest BCUT2D eigenvalue weighted by atomic mass is 16.3. The van der Waals surface area contributed by atoms with Crippen molar-refractivity contribution in [3.8, 4) is 11.1 Å². The number of H-pyrrole nitrogens is 1. The fourth-order valence-electron chi connectivity index (χ4n) is 5.85. The largest absolute Gasteiger partial charge is 0.387 e. The molecular formula is C25H28N6O3. The number of carbonyl (C=O) groups is 1. The van der Waals surface area contributed by atoms with Crippen molar-refractivity contribution < 1.29 is 15.0 Å². The molecule has 3 atom stereocenters. The second kappa shape index (κ2) is 7.61. The van der Waals surface area contributed by atoms with Crippen molar-refractivity contribution in [2.75, 3.05) is 6.61 Å². The zero-order valence-electron chi connectivity index (χ0n) is 19.3. The predicted molar refractivity (Wildman–Crippen MR) is 126 cm³/mol. The lowest BCUT2D eigenvalue weighted by molar-refractivity contribution is -0.138. The van der Waals surface area contributed by atoms with Crippen LogP contribution >= 0.6 is 0 Å². The van der Waals surface area contributed by atoms with Gasteiger partial charge >= 0.3 is 0 Å². The third-order valence-electron chi connectivity index (χ3n) is 7.43. The number of fused-ring (bicyclic) bond motifs is 5. The van der Waals surface area contributed by atoms with E-state index < -0.39 is 12.2 Å². The van der Waals surface area contributed by atoms with Crippen LogP contribution in [0.5, 0.6) is 0 Å². The van der Waals surface area contributed by atoms with Gasteiger partial charge in [-0.1, -0.05) is 6.07 Å². The van der Waals surface area contributed by atoms with Gasteiger partial charge in [-0.25, -0.2) is 4.98 Å². The third kappa shape index (κ3) is 3.22. The summed E-state index contributed by atoms with van der Waals surface area (Å²) in [7, 11) is 0. The Morgan fingerprint density at radius 2 is 1.94 bits per heavy atom. The number of hydrogen-bond donors (Lipinski definition) is 3. The van der Waals surface area contributed by atoms with Crippen LogP contribution in [-0.2, 0) is 10.4 Å². The molecule has 0 radical (unpaired) electrons. The molecule has 2 fully saturated rings. The van der Waals surface area contributed by atoms with Gasteiger partial charge in [0.25, 0.3) is 0 Å². The Hall–Kier alpha value is -3.30. The van der Waals surface area contributed by atoms with E-state index in [-0.39, 0.29) is 23.9 Å². The first kappa shape index (κ1) is 21.2. The van der Waals surface area contributed by atoms with E-state index in [0.29, 0.717) is 5.69 Å². The molecule has 2 aliphatic heterocycles. The minimum atomic E-state index is -1.01. The number of aromatic amines is 1. The van der Waals surface area contributed by atoms with Crippen LogP contribution in [0.15, 0.2) is 36.8 Å². The summed E-state index contributed by atoms with van der Waals surface area (Å²) in [5.41, 5.74) is 4.04. The van der Waals surface area contributed by atoms with Gasteiger partial charge in [0, 0.05) is 46.9 Å². The molecule has 6 rings (SSSR count). The van der Waals surface area contributed by atoms with Gasteiger partial charge < -0.3 is 20.1 Å². The number of aromatic nitrogens is 5. The van der Waals surface area contributed by atoms with Crippen molar-refractivity contribution in [3.05, 3.63) is 48.2 Å². The van der Waals surface area contributed by atoms with Crippen LogP contribution in [0.4, 0.5) is 0 Å². The van der Waals surface area contributed by atoms with Crippen molar-refractivity contribution in [1.29, 1.82) is 0 Å². The number of aliphatic hydroxyl groups is 2. The number of amides is 1. The number of aliphatic hydroxyl groups excluding tert-OH is 1. The normalized spacial score (nSPS) is 22.7. The zero-order valence-corrected chi connectivity index (χ0v) is 19.3. The van der Waals surface area contributed by atoms with Gasteiger partial charge in [-0.15, -0.1) is 0 Å². The molecule has 4 aromatic rings. The molecule has 0 spiro atoms. The van der Waals surface area contributed by atoms with Gasteiger partial charge in [0.05, 0.1) is 17.6 Å². The van der Waals surface area contributed by atoms with Crippen LogP contribution in [0.2, 0.25) is 0 Å². The van der Waals surface area contributed by atoms with E-state index >= 15 is 0 Å². The van der Waals surface area contributed by atoms with E-state index in [0.717, 1.165) is 59.2 Å². The quantitative estimate of drug-likeness (QED) is 0.431. The second-order valence-corrected chi connectivity index (χ2v) is 10.0. The summed E-state index contributed by atoms with van der Waals surface area (Å²) < 4.78 is 1.83. The Labute approximate surface area is 196 Å². The summed E-state index contributed by atoms with van der Waals surface area (Å²) in [6, 6.07) is 6.12. The van der Waals surface area contributed by atoms with Crippen LogP contribution in [-0.4, -0.2) is 64.3 Å². The highest BCUT2D eigenvalue weighted by molar-refractivity contribution is 5.86. The summed E-state index contributed by atoms with van der Waals surface area (Å²) in [6.07, 6.45) is 9.11. The van der Waals surface area contributed by atoms with Crippen LogP contribution in [0.3, 0.4) is 0 Å². The third-order valence-corrected chi connectivity index (χ3v) is 7.43. The van der Waals surface area contributed by atoms with Crippen LogP contribution in [0, 0.1) is 0 Å². The van der Waals surface area contributed by atoms with Crippen molar-refractivity contribution in [2.45, 2.75) is 63.1 Å². The molecule has 2 saturated heterocycles.